The lowest BCUT2D eigenvalue weighted by Gasteiger charge is -2.55. The summed E-state index contributed by atoms with van der Waals surface area (Å²) in [5.41, 5.74) is 0.716. The Morgan fingerprint density at radius 2 is 2.11 bits per heavy atom. The van der Waals surface area contributed by atoms with Crippen molar-refractivity contribution in [3.05, 3.63) is 17.8 Å². The van der Waals surface area contributed by atoms with Crippen molar-refractivity contribution in [1.29, 1.82) is 0 Å². The number of aromatic nitrogens is 2. The smallest absolute Gasteiger partial charge is 0.265 e. The number of nitrogens with zero attached hydrogens (tertiary/aromatic N) is 5. The second kappa shape index (κ2) is 6.68. The highest BCUT2D eigenvalue weighted by Gasteiger charge is 2.52. The summed E-state index contributed by atoms with van der Waals surface area (Å²) in [7, 11) is 0. The Labute approximate surface area is 159 Å². The Hall–Kier alpha value is -1.77. The Balaban J connectivity index is 1.26. The van der Waals surface area contributed by atoms with Gasteiger partial charge in [-0.05, 0) is 44.2 Å². The maximum atomic E-state index is 12.9. The molecule has 27 heavy (non-hydrogen) atoms. The number of hydrogen-bond acceptors (Lipinski definition) is 7. The molecule has 3 saturated heterocycles. The van der Waals surface area contributed by atoms with Crippen LogP contribution in [0.5, 0.6) is 0 Å². The lowest BCUT2D eigenvalue weighted by atomic mass is 9.90. The molecule has 4 fully saturated rings. The van der Waals surface area contributed by atoms with Gasteiger partial charge in [0.25, 0.3) is 5.91 Å². The molecule has 8 heteroatoms. The molecule has 1 unspecified atom stereocenters. The summed E-state index contributed by atoms with van der Waals surface area (Å²) in [6, 6.07) is 3.78. The molecule has 0 bridgehead atoms. The SMILES string of the molecule is Cc1ccc(N2CC3(C2)CN(CC2CC2)C(C(=O)N2CCCO2)CO3)nn1. The minimum Gasteiger partial charge on any atom is -0.368 e. The van der Waals surface area contributed by atoms with Crippen LogP contribution >= 0.6 is 0 Å². The van der Waals surface area contributed by atoms with Gasteiger partial charge in [0, 0.05) is 13.1 Å². The monoisotopic (exact) mass is 373 g/mol. The Bertz CT molecular complexity index is 696. The maximum Gasteiger partial charge on any atom is 0.265 e. The van der Waals surface area contributed by atoms with E-state index < -0.39 is 0 Å². The quantitative estimate of drug-likeness (QED) is 0.766. The number of hydroxylamine groups is 2. The van der Waals surface area contributed by atoms with E-state index in [0.717, 1.165) is 50.0 Å². The van der Waals surface area contributed by atoms with Crippen LogP contribution in [-0.4, -0.2) is 83.6 Å². The zero-order valence-electron chi connectivity index (χ0n) is 15.8. The first kappa shape index (κ1) is 17.3. The predicted octanol–water partition coefficient (Wildman–Crippen LogP) is 0.619. The molecule has 0 N–H and O–H groups in total. The van der Waals surface area contributed by atoms with Crippen LogP contribution in [0.2, 0.25) is 0 Å². The molecule has 1 aromatic heterocycles. The summed E-state index contributed by atoms with van der Waals surface area (Å²) >= 11 is 0. The van der Waals surface area contributed by atoms with E-state index in [-0.39, 0.29) is 17.6 Å². The fourth-order valence-electron chi connectivity index (χ4n) is 4.29. The topological polar surface area (TPSA) is 71.0 Å². The third-order valence-corrected chi connectivity index (χ3v) is 6.02. The van der Waals surface area contributed by atoms with E-state index in [9.17, 15) is 4.79 Å². The van der Waals surface area contributed by atoms with Crippen molar-refractivity contribution in [2.45, 2.75) is 37.8 Å². The molecule has 8 nitrogen and oxygen atoms in total. The summed E-state index contributed by atoms with van der Waals surface area (Å²) in [4.78, 5) is 22.9. The van der Waals surface area contributed by atoms with Crippen LogP contribution in [0.25, 0.3) is 0 Å². The molecular weight excluding hydrogens is 346 g/mol. The third kappa shape index (κ3) is 3.41. The summed E-state index contributed by atoms with van der Waals surface area (Å²) in [5, 5.41) is 9.97. The summed E-state index contributed by atoms with van der Waals surface area (Å²) in [5.74, 6) is 1.69. The van der Waals surface area contributed by atoms with Gasteiger partial charge >= 0.3 is 0 Å². The highest BCUT2D eigenvalue weighted by Crippen LogP contribution is 2.37. The van der Waals surface area contributed by atoms with E-state index in [1.807, 2.05) is 19.1 Å². The number of anilines is 1. The largest absolute Gasteiger partial charge is 0.368 e. The number of amides is 1. The van der Waals surface area contributed by atoms with Gasteiger partial charge in [0.15, 0.2) is 5.82 Å². The minimum atomic E-state index is -0.220. The molecule has 0 aromatic carbocycles. The van der Waals surface area contributed by atoms with Crippen molar-refractivity contribution in [3.8, 4) is 0 Å². The molecule has 1 spiro atoms. The lowest BCUT2D eigenvalue weighted by molar-refractivity contribution is -0.194. The third-order valence-electron chi connectivity index (χ3n) is 6.02. The van der Waals surface area contributed by atoms with Crippen LogP contribution in [0.4, 0.5) is 5.82 Å². The Morgan fingerprint density at radius 3 is 2.78 bits per heavy atom. The summed E-state index contributed by atoms with van der Waals surface area (Å²) in [6.07, 6.45) is 3.46. The van der Waals surface area contributed by atoms with E-state index in [1.165, 1.54) is 12.8 Å². The van der Waals surface area contributed by atoms with Crippen molar-refractivity contribution in [3.63, 3.8) is 0 Å². The Kier molecular flexibility index (Phi) is 4.29. The predicted molar refractivity (Wildman–Crippen MR) is 98.0 cm³/mol. The average Bonchev–Trinajstić information content (AvgIpc) is 3.29. The highest BCUT2D eigenvalue weighted by atomic mass is 16.7. The number of aryl methyl sites for hydroxylation is 1. The molecule has 1 atom stereocenters. The highest BCUT2D eigenvalue weighted by molar-refractivity contribution is 5.81. The molecule has 1 aromatic rings. The second-order valence-electron chi connectivity index (χ2n) is 8.40. The zero-order chi connectivity index (χ0) is 18.4. The first-order chi connectivity index (χ1) is 13.1. The molecule has 0 radical (unpaired) electrons. The standard InChI is InChI=1S/C19H27N5O3/c1-14-3-6-17(21-20-14)23-12-19(13-23)11-22(9-15-4-5-15)16(10-26-19)18(25)24-7-2-8-27-24/h3,6,15-16H,2,4-5,7-13H2,1H3. The molecule has 1 saturated carbocycles. The van der Waals surface area contributed by atoms with E-state index >= 15 is 0 Å². The van der Waals surface area contributed by atoms with Gasteiger partial charge in [-0.25, -0.2) is 5.06 Å². The Morgan fingerprint density at radius 1 is 1.26 bits per heavy atom. The van der Waals surface area contributed by atoms with E-state index in [4.69, 9.17) is 9.57 Å². The summed E-state index contributed by atoms with van der Waals surface area (Å²) in [6.45, 7) is 7.09. The number of morpholine rings is 1. The fraction of sp³-hybridized carbons (Fsp3) is 0.737. The molecule has 3 aliphatic heterocycles. The van der Waals surface area contributed by atoms with Crippen LogP contribution < -0.4 is 4.90 Å². The normalized spacial score (nSPS) is 27.8. The van der Waals surface area contributed by atoms with Crippen LogP contribution in [0, 0.1) is 12.8 Å². The zero-order valence-corrected chi connectivity index (χ0v) is 15.8. The van der Waals surface area contributed by atoms with Gasteiger partial charge in [-0.1, -0.05) is 0 Å². The number of ether oxygens (including phenoxy) is 1. The van der Waals surface area contributed by atoms with Crippen LogP contribution in [0.3, 0.4) is 0 Å². The van der Waals surface area contributed by atoms with Crippen LogP contribution in [0.1, 0.15) is 25.0 Å². The van der Waals surface area contributed by atoms with Crippen molar-refractivity contribution in [2.75, 3.05) is 50.8 Å². The molecular formula is C19H27N5O3. The molecule has 5 rings (SSSR count). The first-order valence-corrected chi connectivity index (χ1v) is 9.99. The van der Waals surface area contributed by atoms with Crippen molar-refractivity contribution in [1.82, 2.24) is 20.2 Å². The second-order valence-corrected chi connectivity index (χ2v) is 8.40. The number of carbonyl (C=O) groups excluding carboxylic acids is 1. The van der Waals surface area contributed by atoms with E-state index in [1.54, 1.807) is 5.06 Å². The summed E-state index contributed by atoms with van der Waals surface area (Å²) < 4.78 is 6.27. The van der Waals surface area contributed by atoms with Gasteiger partial charge in [-0.3, -0.25) is 14.5 Å². The molecule has 1 amide bonds. The van der Waals surface area contributed by atoms with Crippen LogP contribution in [-0.2, 0) is 14.4 Å². The first-order valence-electron chi connectivity index (χ1n) is 9.99. The number of hydrogen-bond donors (Lipinski definition) is 0. The lowest BCUT2D eigenvalue weighted by Crippen LogP contribution is -2.73. The molecule has 1 aliphatic carbocycles. The minimum absolute atomic E-state index is 0.0589. The van der Waals surface area contributed by atoms with Crippen molar-refractivity contribution >= 4 is 11.7 Å². The van der Waals surface area contributed by atoms with Crippen LogP contribution in [0.15, 0.2) is 12.1 Å². The van der Waals surface area contributed by atoms with Gasteiger partial charge in [0.2, 0.25) is 0 Å². The van der Waals surface area contributed by atoms with E-state index in [0.29, 0.717) is 19.8 Å². The van der Waals surface area contributed by atoms with Gasteiger partial charge < -0.3 is 9.64 Å². The van der Waals surface area contributed by atoms with Gasteiger partial charge in [-0.2, -0.15) is 5.10 Å². The molecule has 4 aliphatic rings. The van der Waals surface area contributed by atoms with Gasteiger partial charge in [0.1, 0.15) is 11.6 Å². The number of carbonyl (C=O) groups is 1. The van der Waals surface area contributed by atoms with Crippen molar-refractivity contribution in [2.24, 2.45) is 5.92 Å². The fourth-order valence-corrected chi connectivity index (χ4v) is 4.29. The van der Waals surface area contributed by atoms with E-state index in [2.05, 4.69) is 20.0 Å². The molecule has 146 valence electrons. The van der Waals surface area contributed by atoms with Crippen molar-refractivity contribution < 1.29 is 14.4 Å². The number of rotatable bonds is 4. The van der Waals surface area contributed by atoms with Gasteiger partial charge in [0.05, 0.1) is 38.5 Å². The average molecular weight is 373 g/mol. The molecule has 4 heterocycles. The maximum absolute atomic E-state index is 12.9. The van der Waals surface area contributed by atoms with Gasteiger partial charge in [-0.15, -0.1) is 5.10 Å².